The highest BCUT2D eigenvalue weighted by Crippen LogP contribution is 2.20. The highest BCUT2D eigenvalue weighted by Gasteiger charge is 2.30. The molecule has 0 atom stereocenters. The van der Waals surface area contributed by atoms with Crippen LogP contribution >= 0.6 is 12.2 Å². The van der Waals surface area contributed by atoms with Crippen molar-refractivity contribution in [1.29, 1.82) is 0 Å². The predicted molar refractivity (Wildman–Crippen MR) is 86.6 cm³/mol. The van der Waals surface area contributed by atoms with Crippen LogP contribution in [0.2, 0.25) is 0 Å². The van der Waals surface area contributed by atoms with Gasteiger partial charge in [-0.15, -0.1) is 0 Å². The van der Waals surface area contributed by atoms with Gasteiger partial charge in [-0.2, -0.15) is 4.31 Å². The van der Waals surface area contributed by atoms with E-state index < -0.39 is 15.8 Å². The normalized spacial score (nSPS) is 17.2. The van der Waals surface area contributed by atoms with Gasteiger partial charge in [0.1, 0.15) is 10.7 Å². The van der Waals surface area contributed by atoms with E-state index in [1.54, 1.807) is 11.7 Å². The Balaban J connectivity index is 1.68. The molecule has 24 heavy (non-hydrogen) atoms. The number of hydrogen-bond donors (Lipinski definition) is 0. The molecule has 0 radical (unpaired) electrons. The summed E-state index contributed by atoms with van der Waals surface area (Å²) in [6.45, 7) is 2.02. The van der Waals surface area contributed by atoms with Crippen molar-refractivity contribution in [2.24, 2.45) is 7.05 Å². The van der Waals surface area contributed by atoms with Crippen molar-refractivity contribution in [3.05, 3.63) is 34.9 Å². The van der Waals surface area contributed by atoms with Gasteiger partial charge in [-0.05, 0) is 34.8 Å². The van der Waals surface area contributed by atoms with Crippen LogP contribution in [0.1, 0.15) is 0 Å². The molecule has 1 aromatic carbocycles. The molecule has 0 saturated carbocycles. The lowest BCUT2D eigenvalue weighted by Crippen LogP contribution is -2.49. The molecule has 11 heteroatoms. The number of nitrogens with zero attached hydrogens (tertiary/aromatic N) is 6. The maximum absolute atomic E-state index is 13.8. The van der Waals surface area contributed by atoms with Crippen molar-refractivity contribution in [2.75, 3.05) is 26.2 Å². The molecule has 2 aromatic rings. The molecule has 130 valence electrons. The number of tetrazole rings is 1. The Morgan fingerprint density at radius 1 is 1.17 bits per heavy atom. The topological polar surface area (TPSA) is 76.3 Å². The third-order valence-corrected chi connectivity index (χ3v) is 6.31. The average molecular weight is 372 g/mol. The molecule has 2 heterocycles. The molecule has 1 saturated heterocycles. The second-order valence-electron chi connectivity index (χ2n) is 5.48. The van der Waals surface area contributed by atoms with E-state index in [4.69, 9.17) is 12.2 Å². The van der Waals surface area contributed by atoms with E-state index in [2.05, 4.69) is 10.4 Å². The number of piperazine rings is 1. The molecular weight excluding hydrogens is 355 g/mol. The molecule has 1 aliphatic rings. The molecule has 0 aliphatic carbocycles. The van der Waals surface area contributed by atoms with Gasteiger partial charge < -0.3 is 0 Å². The van der Waals surface area contributed by atoms with E-state index in [1.165, 1.54) is 27.2 Å². The maximum atomic E-state index is 13.8. The third-order valence-electron chi connectivity index (χ3n) is 3.90. The second kappa shape index (κ2) is 6.67. The predicted octanol–water partition coefficient (Wildman–Crippen LogP) is 0.449. The first-order chi connectivity index (χ1) is 11.4. The van der Waals surface area contributed by atoms with Gasteiger partial charge in [-0.1, -0.05) is 12.1 Å². The summed E-state index contributed by atoms with van der Waals surface area (Å²) >= 11 is 5.18. The Morgan fingerprint density at radius 3 is 2.42 bits per heavy atom. The van der Waals surface area contributed by atoms with Gasteiger partial charge in [0.05, 0.1) is 6.67 Å². The van der Waals surface area contributed by atoms with Crippen molar-refractivity contribution in [1.82, 2.24) is 29.0 Å². The molecule has 0 amide bonds. The average Bonchev–Trinajstić information content (AvgIpc) is 2.88. The summed E-state index contributed by atoms with van der Waals surface area (Å²) in [5.41, 5.74) is 0. The van der Waals surface area contributed by atoms with E-state index in [0.717, 1.165) is 6.07 Å². The van der Waals surface area contributed by atoms with Crippen LogP contribution < -0.4 is 0 Å². The molecule has 3 rings (SSSR count). The van der Waals surface area contributed by atoms with Gasteiger partial charge in [0.2, 0.25) is 14.8 Å². The summed E-state index contributed by atoms with van der Waals surface area (Å²) in [5.74, 6) is -0.731. The van der Waals surface area contributed by atoms with E-state index in [1.807, 2.05) is 4.90 Å². The number of aromatic nitrogens is 4. The quantitative estimate of drug-likeness (QED) is 0.726. The number of sulfonamides is 1. The fourth-order valence-electron chi connectivity index (χ4n) is 2.53. The zero-order valence-corrected chi connectivity index (χ0v) is 14.7. The van der Waals surface area contributed by atoms with Crippen LogP contribution in [0.15, 0.2) is 29.2 Å². The smallest absolute Gasteiger partial charge is 0.246 e. The highest BCUT2D eigenvalue weighted by molar-refractivity contribution is 7.89. The first-order valence-electron chi connectivity index (χ1n) is 7.33. The van der Waals surface area contributed by atoms with Gasteiger partial charge in [0, 0.05) is 33.2 Å². The van der Waals surface area contributed by atoms with Crippen LogP contribution in [-0.2, 0) is 23.7 Å². The van der Waals surface area contributed by atoms with Gasteiger partial charge >= 0.3 is 0 Å². The fraction of sp³-hybridized carbons (Fsp3) is 0.462. The SMILES string of the molecule is Cn1nnn(CN2CCN(S(=O)(=O)c3ccccc3F)CC2)c1=S. The van der Waals surface area contributed by atoms with E-state index in [9.17, 15) is 12.8 Å². The lowest BCUT2D eigenvalue weighted by atomic mass is 10.3. The monoisotopic (exact) mass is 372 g/mol. The van der Waals surface area contributed by atoms with Crippen LogP contribution in [0.3, 0.4) is 0 Å². The zero-order valence-electron chi connectivity index (χ0n) is 13.0. The van der Waals surface area contributed by atoms with Crippen molar-refractivity contribution in [3.63, 3.8) is 0 Å². The largest absolute Gasteiger partial charge is 0.282 e. The molecule has 8 nitrogen and oxygen atoms in total. The number of aryl methyl sites for hydroxylation is 1. The van der Waals surface area contributed by atoms with Crippen molar-refractivity contribution in [2.45, 2.75) is 11.6 Å². The van der Waals surface area contributed by atoms with Gasteiger partial charge in [-0.25, -0.2) is 22.2 Å². The van der Waals surface area contributed by atoms with Crippen LogP contribution in [0.5, 0.6) is 0 Å². The van der Waals surface area contributed by atoms with Crippen LogP contribution in [0.25, 0.3) is 0 Å². The summed E-state index contributed by atoms with van der Waals surface area (Å²) < 4.78 is 43.8. The van der Waals surface area contributed by atoms with Gasteiger partial charge in [0.25, 0.3) is 0 Å². The molecule has 0 spiro atoms. The van der Waals surface area contributed by atoms with Crippen LogP contribution in [-0.4, -0.2) is 63.6 Å². The maximum Gasteiger partial charge on any atom is 0.246 e. The molecule has 0 bridgehead atoms. The second-order valence-corrected chi connectivity index (χ2v) is 7.75. The summed E-state index contributed by atoms with van der Waals surface area (Å²) in [4.78, 5) is 1.74. The van der Waals surface area contributed by atoms with Crippen LogP contribution in [0.4, 0.5) is 4.39 Å². The summed E-state index contributed by atoms with van der Waals surface area (Å²) in [7, 11) is -2.11. The molecule has 0 N–H and O–H groups in total. The lowest BCUT2D eigenvalue weighted by molar-refractivity contribution is 0.143. The Morgan fingerprint density at radius 2 is 1.83 bits per heavy atom. The molecule has 0 unspecified atom stereocenters. The third kappa shape index (κ3) is 3.24. The molecule has 1 fully saturated rings. The minimum atomic E-state index is -3.82. The summed E-state index contributed by atoms with van der Waals surface area (Å²) in [6, 6.07) is 5.42. The minimum absolute atomic E-state index is 0.282. The van der Waals surface area contributed by atoms with Crippen LogP contribution in [0, 0.1) is 10.6 Å². The number of halogens is 1. The van der Waals surface area contributed by atoms with Gasteiger partial charge in [0.15, 0.2) is 0 Å². The zero-order chi connectivity index (χ0) is 17.3. The summed E-state index contributed by atoms with van der Waals surface area (Å²) in [5, 5.41) is 7.77. The molecule has 1 aromatic heterocycles. The van der Waals surface area contributed by atoms with Crippen molar-refractivity contribution >= 4 is 22.2 Å². The Hall–Kier alpha value is -1.69. The standard InChI is InChI=1S/C13H17FN6O2S2/c1-17-13(23)20(16-15-17)10-18-6-8-19(9-7-18)24(21,22)12-5-3-2-4-11(12)14/h2-5H,6-10H2,1H3. The van der Waals surface area contributed by atoms with Gasteiger partial charge in [-0.3, -0.25) is 4.90 Å². The lowest BCUT2D eigenvalue weighted by Gasteiger charge is -2.33. The minimum Gasteiger partial charge on any atom is -0.282 e. The number of rotatable bonds is 4. The first kappa shape index (κ1) is 17.1. The van der Waals surface area contributed by atoms with Crippen molar-refractivity contribution < 1.29 is 12.8 Å². The van der Waals surface area contributed by atoms with E-state index in [-0.39, 0.29) is 18.0 Å². The first-order valence-corrected chi connectivity index (χ1v) is 9.18. The number of benzene rings is 1. The Bertz CT molecular complexity index is 886. The van der Waals surface area contributed by atoms with Crippen molar-refractivity contribution in [3.8, 4) is 0 Å². The fourth-order valence-corrected chi connectivity index (χ4v) is 4.15. The van der Waals surface area contributed by atoms with E-state index >= 15 is 0 Å². The summed E-state index contributed by atoms with van der Waals surface area (Å²) in [6.07, 6.45) is 0. The highest BCUT2D eigenvalue weighted by atomic mass is 32.2. The Kier molecular flexibility index (Phi) is 4.76. The number of hydrogen-bond acceptors (Lipinski definition) is 6. The molecule has 1 aliphatic heterocycles. The van der Waals surface area contributed by atoms with E-state index in [0.29, 0.717) is 24.5 Å². The Labute approximate surface area is 144 Å². The molecular formula is C13H17FN6O2S2.